The average molecular weight is 376 g/mol. The van der Waals surface area contributed by atoms with Crippen molar-refractivity contribution in [3.8, 4) is 0 Å². The summed E-state index contributed by atoms with van der Waals surface area (Å²) >= 11 is 0. The van der Waals surface area contributed by atoms with E-state index in [-0.39, 0.29) is 12.5 Å². The zero-order chi connectivity index (χ0) is 20.1. The minimum Gasteiger partial charge on any atom is -0.481 e. The SMILES string of the molecule is CC(CC(C)(C)C(=O)O)N1CC[C@H]2[C@@H]1C(F)(F)CN2C(=O)OC(C)(C)C. The van der Waals surface area contributed by atoms with Gasteiger partial charge in [0.2, 0.25) is 0 Å². The number of carbonyl (C=O) groups is 2. The molecule has 2 fully saturated rings. The number of aliphatic carboxylic acids is 1. The van der Waals surface area contributed by atoms with E-state index in [0.29, 0.717) is 13.0 Å². The first-order valence-electron chi connectivity index (χ1n) is 9.02. The molecule has 2 aliphatic heterocycles. The molecule has 150 valence electrons. The predicted octanol–water partition coefficient (Wildman–Crippen LogP) is 3.20. The summed E-state index contributed by atoms with van der Waals surface area (Å²) in [5.74, 6) is -4.01. The lowest BCUT2D eigenvalue weighted by Gasteiger charge is -2.35. The van der Waals surface area contributed by atoms with Gasteiger partial charge in [-0.1, -0.05) is 0 Å². The molecule has 1 N–H and O–H groups in total. The first kappa shape index (κ1) is 20.9. The van der Waals surface area contributed by atoms with Crippen molar-refractivity contribution in [2.24, 2.45) is 5.41 Å². The first-order chi connectivity index (χ1) is 11.7. The predicted molar refractivity (Wildman–Crippen MR) is 92.3 cm³/mol. The molecular weight excluding hydrogens is 346 g/mol. The Kier molecular flexibility index (Phi) is 5.31. The van der Waals surface area contributed by atoms with E-state index in [1.807, 2.05) is 0 Å². The van der Waals surface area contributed by atoms with Gasteiger partial charge in [0.05, 0.1) is 24.0 Å². The fourth-order valence-electron chi connectivity index (χ4n) is 4.05. The number of alkyl halides is 2. The molecule has 0 bridgehead atoms. The molecule has 0 aromatic carbocycles. The van der Waals surface area contributed by atoms with Gasteiger partial charge in [-0.05, 0) is 54.4 Å². The maximum Gasteiger partial charge on any atom is 0.410 e. The van der Waals surface area contributed by atoms with Crippen LogP contribution in [0, 0.1) is 5.41 Å². The van der Waals surface area contributed by atoms with Gasteiger partial charge in [-0.2, -0.15) is 0 Å². The van der Waals surface area contributed by atoms with E-state index in [0.717, 1.165) is 4.90 Å². The number of hydrogen-bond acceptors (Lipinski definition) is 4. The molecule has 6 nitrogen and oxygen atoms in total. The zero-order valence-corrected chi connectivity index (χ0v) is 16.4. The van der Waals surface area contributed by atoms with E-state index < -0.39 is 47.6 Å². The van der Waals surface area contributed by atoms with Gasteiger partial charge in [0.25, 0.3) is 5.92 Å². The fraction of sp³-hybridized carbons (Fsp3) is 0.889. The number of nitrogens with zero attached hydrogens (tertiary/aromatic N) is 2. The van der Waals surface area contributed by atoms with Gasteiger partial charge in [0.15, 0.2) is 0 Å². The third kappa shape index (κ3) is 4.10. The zero-order valence-electron chi connectivity index (χ0n) is 16.4. The second-order valence-corrected chi connectivity index (χ2v) is 9.15. The lowest BCUT2D eigenvalue weighted by molar-refractivity contribution is -0.148. The summed E-state index contributed by atoms with van der Waals surface area (Å²) in [4.78, 5) is 26.5. The van der Waals surface area contributed by atoms with Crippen molar-refractivity contribution >= 4 is 12.1 Å². The number of carboxylic acid groups (broad SMARTS) is 1. The maximum absolute atomic E-state index is 14.7. The van der Waals surface area contributed by atoms with Gasteiger partial charge in [-0.15, -0.1) is 0 Å². The number of carboxylic acids is 1. The first-order valence-corrected chi connectivity index (χ1v) is 9.02. The Bertz CT molecular complexity index is 574. The molecule has 0 saturated carbocycles. The highest BCUT2D eigenvalue weighted by Gasteiger charge is 2.62. The molecule has 2 heterocycles. The van der Waals surface area contributed by atoms with E-state index in [2.05, 4.69) is 0 Å². The van der Waals surface area contributed by atoms with Gasteiger partial charge in [0, 0.05) is 12.6 Å². The van der Waals surface area contributed by atoms with E-state index in [4.69, 9.17) is 4.74 Å². The number of rotatable bonds is 4. The third-order valence-electron chi connectivity index (χ3n) is 5.20. The Hall–Kier alpha value is -1.44. The Morgan fingerprint density at radius 2 is 1.85 bits per heavy atom. The molecular formula is C18H30F2N2O4. The number of halogens is 2. The molecule has 2 saturated heterocycles. The van der Waals surface area contributed by atoms with Crippen LogP contribution in [0.25, 0.3) is 0 Å². The quantitative estimate of drug-likeness (QED) is 0.816. The van der Waals surface area contributed by atoms with Crippen molar-refractivity contribution in [3.63, 3.8) is 0 Å². The van der Waals surface area contributed by atoms with E-state index in [9.17, 15) is 23.5 Å². The minimum absolute atomic E-state index is 0.258. The van der Waals surface area contributed by atoms with Crippen molar-refractivity contribution in [1.29, 1.82) is 0 Å². The molecule has 1 unspecified atom stereocenters. The van der Waals surface area contributed by atoms with Gasteiger partial charge < -0.3 is 9.84 Å². The summed E-state index contributed by atoms with van der Waals surface area (Å²) in [6.07, 6.45) is -0.0316. The van der Waals surface area contributed by atoms with Crippen molar-refractivity contribution < 1.29 is 28.2 Å². The third-order valence-corrected chi connectivity index (χ3v) is 5.20. The molecule has 2 aliphatic rings. The molecule has 0 radical (unpaired) electrons. The topological polar surface area (TPSA) is 70.1 Å². The van der Waals surface area contributed by atoms with Crippen LogP contribution in [0.3, 0.4) is 0 Å². The number of ether oxygens (including phenoxy) is 1. The van der Waals surface area contributed by atoms with Gasteiger partial charge in [-0.3, -0.25) is 14.6 Å². The number of carbonyl (C=O) groups excluding carboxylic acids is 1. The van der Waals surface area contributed by atoms with Crippen molar-refractivity contribution in [3.05, 3.63) is 0 Å². The summed E-state index contributed by atoms with van der Waals surface area (Å²) in [5, 5.41) is 9.31. The molecule has 0 aromatic rings. The highest BCUT2D eigenvalue weighted by Crippen LogP contribution is 2.44. The highest BCUT2D eigenvalue weighted by molar-refractivity contribution is 5.73. The standard InChI is InChI=1S/C18H30F2N2O4/c1-11(9-17(5,6)14(23)24)21-8-7-12-13(21)18(19,20)10-22(12)15(25)26-16(2,3)4/h11-13H,7-10H2,1-6H3,(H,23,24)/t11?,12-,13+/m0/s1. The van der Waals surface area contributed by atoms with Gasteiger partial charge >= 0.3 is 12.1 Å². The molecule has 0 aromatic heterocycles. The van der Waals surface area contributed by atoms with Crippen LogP contribution in [0.1, 0.15) is 54.4 Å². The normalized spacial score (nSPS) is 27.3. The van der Waals surface area contributed by atoms with Gasteiger partial charge in [0.1, 0.15) is 5.60 Å². The van der Waals surface area contributed by atoms with Crippen LogP contribution in [0.4, 0.5) is 13.6 Å². The van der Waals surface area contributed by atoms with E-state index >= 15 is 0 Å². The minimum atomic E-state index is -3.06. The van der Waals surface area contributed by atoms with Gasteiger partial charge in [-0.25, -0.2) is 13.6 Å². The summed E-state index contributed by atoms with van der Waals surface area (Å²) < 4.78 is 34.8. The molecule has 0 aliphatic carbocycles. The average Bonchev–Trinajstić information content (AvgIpc) is 2.96. The summed E-state index contributed by atoms with van der Waals surface area (Å²) in [6, 6.07) is -2.05. The molecule has 0 spiro atoms. The maximum atomic E-state index is 14.7. The molecule has 8 heteroatoms. The summed E-state index contributed by atoms with van der Waals surface area (Å²) in [5.41, 5.74) is -1.75. The van der Waals surface area contributed by atoms with Crippen molar-refractivity contribution in [2.45, 2.75) is 84.0 Å². The molecule has 3 atom stereocenters. The second kappa shape index (κ2) is 6.62. The number of amides is 1. The summed E-state index contributed by atoms with van der Waals surface area (Å²) in [6.45, 7) is 9.82. The largest absolute Gasteiger partial charge is 0.481 e. The smallest absolute Gasteiger partial charge is 0.410 e. The van der Waals surface area contributed by atoms with Crippen LogP contribution < -0.4 is 0 Å². The van der Waals surface area contributed by atoms with Crippen molar-refractivity contribution in [1.82, 2.24) is 9.80 Å². The Labute approximate surface area is 153 Å². The fourth-order valence-corrected chi connectivity index (χ4v) is 4.05. The molecule has 2 rings (SSSR count). The number of hydrogen-bond donors (Lipinski definition) is 1. The second-order valence-electron chi connectivity index (χ2n) is 9.15. The Morgan fingerprint density at radius 3 is 2.35 bits per heavy atom. The highest BCUT2D eigenvalue weighted by atomic mass is 19.3. The van der Waals surface area contributed by atoms with Crippen LogP contribution in [0.5, 0.6) is 0 Å². The van der Waals surface area contributed by atoms with Crippen LogP contribution >= 0.6 is 0 Å². The monoisotopic (exact) mass is 376 g/mol. The lowest BCUT2D eigenvalue weighted by Crippen LogP contribution is -2.50. The molecule has 26 heavy (non-hydrogen) atoms. The number of likely N-dealkylation sites (tertiary alicyclic amines) is 2. The van der Waals surface area contributed by atoms with Crippen LogP contribution in [0.15, 0.2) is 0 Å². The van der Waals surface area contributed by atoms with Crippen LogP contribution in [-0.4, -0.2) is 69.7 Å². The summed E-state index contributed by atoms with van der Waals surface area (Å²) in [7, 11) is 0. The number of fused-ring (bicyclic) bond motifs is 1. The van der Waals surface area contributed by atoms with Crippen molar-refractivity contribution in [2.75, 3.05) is 13.1 Å². The van der Waals surface area contributed by atoms with E-state index in [1.54, 1.807) is 46.4 Å². The Morgan fingerprint density at radius 1 is 1.27 bits per heavy atom. The molecule has 1 amide bonds. The van der Waals surface area contributed by atoms with E-state index in [1.165, 1.54) is 0 Å². The lowest BCUT2D eigenvalue weighted by atomic mass is 9.85. The van der Waals surface area contributed by atoms with Crippen LogP contribution in [0.2, 0.25) is 0 Å². The van der Waals surface area contributed by atoms with Crippen LogP contribution in [-0.2, 0) is 9.53 Å². The Balaban J connectivity index is 2.17.